The zero-order chi connectivity index (χ0) is 15.2. The van der Waals surface area contributed by atoms with E-state index in [9.17, 15) is 0 Å². The van der Waals surface area contributed by atoms with Gasteiger partial charge in [-0.2, -0.15) is 0 Å². The third-order valence-corrected chi connectivity index (χ3v) is 3.25. The number of benzene rings is 1. The van der Waals surface area contributed by atoms with E-state index in [1.165, 1.54) is 6.33 Å². The third-order valence-electron chi connectivity index (χ3n) is 3.25. The average Bonchev–Trinajstić information content (AvgIpc) is 2.56. The van der Waals surface area contributed by atoms with Crippen LogP contribution in [0.25, 0.3) is 0 Å². The Morgan fingerprint density at radius 3 is 2.00 bits per heavy atom. The monoisotopic (exact) mass is 289 g/mol. The summed E-state index contributed by atoms with van der Waals surface area (Å²) in [5.74, 6) is 1.97. The van der Waals surface area contributed by atoms with Crippen LogP contribution in [0.3, 0.4) is 0 Å². The van der Waals surface area contributed by atoms with E-state index in [1.807, 2.05) is 19.2 Å². The van der Waals surface area contributed by atoms with Gasteiger partial charge >= 0.3 is 0 Å². The molecule has 6 nitrogen and oxygen atoms in total. The second kappa shape index (κ2) is 6.90. The lowest BCUT2D eigenvalue weighted by atomic mass is 9.99. The molecule has 0 bridgehead atoms. The highest BCUT2D eigenvalue weighted by molar-refractivity contribution is 5.53. The summed E-state index contributed by atoms with van der Waals surface area (Å²) in [6, 6.07) is 3.59. The van der Waals surface area contributed by atoms with E-state index in [-0.39, 0.29) is 6.04 Å². The van der Waals surface area contributed by atoms with Gasteiger partial charge in [-0.25, -0.2) is 9.97 Å². The molecule has 1 aromatic carbocycles. The van der Waals surface area contributed by atoms with Gasteiger partial charge in [-0.15, -0.1) is 0 Å². The van der Waals surface area contributed by atoms with Crippen LogP contribution in [0.15, 0.2) is 30.9 Å². The standard InChI is InChI=1S/C15H19N3O3/c1-16-15(10-7-17-9-18-8-10)11-5-13(20-3)14(21-4)6-12(11)19-2/h5-9,15-16H,1-4H3. The van der Waals surface area contributed by atoms with Crippen LogP contribution in [0.2, 0.25) is 0 Å². The molecule has 0 aliphatic rings. The Bertz CT molecular complexity index is 590. The van der Waals surface area contributed by atoms with Crippen molar-refractivity contribution in [1.29, 1.82) is 0 Å². The van der Waals surface area contributed by atoms with Crippen LogP contribution in [-0.2, 0) is 0 Å². The van der Waals surface area contributed by atoms with Gasteiger partial charge in [0.2, 0.25) is 0 Å². The minimum absolute atomic E-state index is 0.110. The fourth-order valence-electron chi connectivity index (χ4n) is 2.24. The van der Waals surface area contributed by atoms with E-state index >= 15 is 0 Å². The summed E-state index contributed by atoms with van der Waals surface area (Å²) in [5, 5.41) is 3.24. The molecule has 6 heteroatoms. The molecule has 21 heavy (non-hydrogen) atoms. The molecule has 2 rings (SSSR count). The van der Waals surface area contributed by atoms with E-state index in [0.29, 0.717) is 17.2 Å². The first-order valence-corrected chi connectivity index (χ1v) is 6.47. The second-order valence-corrected chi connectivity index (χ2v) is 4.34. The summed E-state index contributed by atoms with van der Waals surface area (Å²) in [6.07, 6.45) is 5.04. The van der Waals surface area contributed by atoms with Gasteiger partial charge in [0, 0.05) is 29.6 Å². The summed E-state index contributed by atoms with van der Waals surface area (Å²) in [5.41, 5.74) is 1.86. The molecule has 1 atom stereocenters. The molecule has 0 aliphatic heterocycles. The smallest absolute Gasteiger partial charge is 0.164 e. The molecule has 112 valence electrons. The Hall–Kier alpha value is -2.34. The van der Waals surface area contributed by atoms with Gasteiger partial charge in [0.05, 0.1) is 27.4 Å². The molecule has 0 radical (unpaired) electrons. The first kappa shape index (κ1) is 15.1. The maximum absolute atomic E-state index is 5.48. The lowest BCUT2D eigenvalue weighted by molar-refractivity contribution is 0.346. The lowest BCUT2D eigenvalue weighted by Crippen LogP contribution is -2.19. The maximum Gasteiger partial charge on any atom is 0.164 e. The summed E-state index contributed by atoms with van der Waals surface area (Å²) in [6.45, 7) is 0. The number of aromatic nitrogens is 2. The van der Waals surface area contributed by atoms with Crippen LogP contribution >= 0.6 is 0 Å². The van der Waals surface area contributed by atoms with Crippen LogP contribution in [0.1, 0.15) is 17.2 Å². The van der Waals surface area contributed by atoms with Crippen molar-refractivity contribution < 1.29 is 14.2 Å². The molecule has 0 saturated carbocycles. The van der Waals surface area contributed by atoms with Crippen molar-refractivity contribution in [1.82, 2.24) is 15.3 Å². The summed E-state index contributed by atoms with van der Waals surface area (Å²) in [7, 11) is 6.69. The van der Waals surface area contributed by atoms with E-state index < -0.39 is 0 Å². The minimum Gasteiger partial charge on any atom is -0.496 e. The molecule has 0 saturated heterocycles. The van der Waals surface area contributed by atoms with Crippen molar-refractivity contribution in [3.05, 3.63) is 42.0 Å². The van der Waals surface area contributed by atoms with Crippen molar-refractivity contribution in [2.75, 3.05) is 28.4 Å². The average molecular weight is 289 g/mol. The topological polar surface area (TPSA) is 65.5 Å². The maximum atomic E-state index is 5.48. The molecule has 0 amide bonds. The molecule has 2 aromatic rings. The number of rotatable bonds is 6. The Balaban J connectivity index is 2.54. The van der Waals surface area contributed by atoms with Crippen molar-refractivity contribution in [2.24, 2.45) is 0 Å². The lowest BCUT2D eigenvalue weighted by Gasteiger charge is -2.21. The highest BCUT2D eigenvalue weighted by Gasteiger charge is 2.20. The largest absolute Gasteiger partial charge is 0.496 e. The van der Waals surface area contributed by atoms with Gasteiger partial charge in [-0.1, -0.05) is 0 Å². The van der Waals surface area contributed by atoms with E-state index in [1.54, 1.807) is 33.7 Å². The molecule has 0 fully saturated rings. The fourth-order valence-corrected chi connectivity index (χ4v) is 2.24. The van der Waals surface area contributed by atoms with Crippen molar-refractivity contribution in [3.8, 4) is 17.2 Å². The summed E-state index contributed by atoms with van der Waals surface area (Å²) in [4.78, 5) is 8.13. The SMILES string of the molecule is CNC(c1cncnc1)c1cc(OC)c(OC)cc1OC. The Labute approximate surface area is 124 Å². The second-order valence-electron chi connectivity index (χ2n) is 4.34. The normalized spacial score (nSPS) is 11.8. The third kappa shape index (κ3) is 3.05. The van der Waals surface area contributed by atoms with E-state index in [4.69, 9.17) is 14.2 Å². The number of nitrogens with zero attached hydrogens (tertiary/aromatic N) is 2. The number of nitrogens with one attached hydrogen (secondary N) is 1. The first-order chi connectivity index (χ1) is 10.2. The van der Waals surface area contributed by atoms with Crippen molar-refractivity contribution in [3.63, 3.8) is 0 Å². The summed E-state index contributed by atoms with van der Waals surface area (Å²) < 4.78 is 16.1. The molecule has 0 spiro atoms. The zero-order valence-electron chi connectivity index (χ0n) is 12.6. The summed E-state index contributed by atoms with van der Waals surface area (Å²) >= 11 is 0. The van der Waals surface area contributed by atoms with Crippen LogP contribution in [0.4, 0.5) is 0 Å². The van der Waals surface area contributed by atoms with Crippen LogP contribution in [0, 0.1) is 0 Å². The van der Waals surface area contributed by atoms with Gasteiger partial charge in [-0.05, 0) is 13.1 Å². The predicted molar refractivity (Wildman–Crippen MR) is 79.0 cm³/mol. The van der Waals surface area contributed by atoms with Crippen LogP contribution in [-0.4, -0.2) is 38.3 Å². The van der Waals surface area contributed by atoms with Gasteiger partial charge in [0.25, 0.3) is 0 Å². The zero-order valence-corrected chi connectivity index (χ0v) is 12.6. The molecular formula is C15H19N3O3. The molecule has 1 N–H and O–H groups in total. The van der Waals surface area contributed by atoms with Crippen LogP contribution in [0.5, 0.6) is 17.2 Å². The predicted octanol–water partition coefficient (Wildman–Crippen LogP) is 1.81. The van der Waals surface area contributed by atoms with Crippen LogP contribution < -0.4 is 19.5 Å². The number of hydrogen-bond acceptors (Lipinski definition) is 6. The Kier molecular flexibility index (Phi) is 4.94. The Morgan fingerprint density at radius 1 is 0.905 bits per heavy atom. The molecule has 0 aliphatic carbocycles. The molecular weight excluding hydrogens is 270 g/mol. The van der Waals surface area contributed by atoms with E-state index in [0.717, 1.165) is 11.1 Å². The van der Waals surface area contributed by atoms with Crippen molar-refractivity contribution in [2.45, 2.75) is 6.04 Å². The van der Waals surface area contributed by atoms with Gasteiger partial charge in [0.15, 0.2) is 11.5 Å². The number of ether oxygens (including phenoxy) is 3. The van der Waals surface area contributed by atoms with E-state index in [2.05, 4.69) is 15.3 Å². The molecule has 1 aromatic heterocycles. The highest BCUT2D eigenvalue weighted by atomic mass is 16.5. The molecule has 1 unspecified atom stereocenters. The van der Waals surface area contributed by atoms with Gasteiger partial charge < -0.3 is 19.5 Å². The molecule has 1 heterocycles. The quantitative estimate of drug-likeness (QED) is 0.875. The van der Waals surface area contributed by atoms with Crippen molar-refractivity contribution >= 4 is 0 Å². The minimum atomic E-state index is -0.110. The fraction of sp³-hybridized carbons (Fsp3) is 0.333. The first-order valence-electron chi connectivity index (χ1n) is 6.47. The number of methoxy groups -OCH3 is 3. The van der Waals surface area contributed by atoms with Gasteiger partial charge in [-0.3, -0.25) is 0 Å². The Morgan fingerprint density at radius 2 is 1.48 bits per heavy atom. The number of hydrogen-bond donors (Lipinski definition) is 1. The van der Waals surface area contributed by atoms with Gasteiger partial charge in [0.1, 0.15) is 12.1 Å². The highest BCUT2D eigenvalue weighted by Crippen LogP contribution is 2.38.